The molecule has 0 radical (unpaired) electrons. The molecule has 2 aromatic rings. The average Bonchev–Trinajstić information content (AvgIpc) is 2.68. The van der Waals surface area contributed by atoms with Gasteiger partial charge in [0.1, 0.15) is 5.82 Å². The van der Waals surface area contributed by atoms with Crippen molar-refractivity contribution in [2.24, 2.45) is 0 Å². The third-order valence-corrected chi connectivity index (χ3v) is 2.23. The number of nitrogens with one attached hydrogen (secondary N) is 1. The highest BCUT2D eigenvalue weighted by molar-refractivity contribution is 5.71. The van der Waals surface area contributed by atoms with Gasteiger partial charge in [-0.05, 0) is 19.4 Å². The summed E-state index contributed by atoms with van der Waals surface area (Å²) in [6.45, 7) is 2.69. The van der Waals surface area contributed by atoms with Crippen LogP contribution in [0.5, 0.6) is 5.88 Å². The number of aromatic nitrogens is 3. The third-order valence-electron chi connectivity index (χ3n) is 2.23. The number of nitrogens with zero attached hydrogens (tertiary/aromatic N) is 2. The predicted molar refractivity (Wildman–Crippen MR) is 60.5 cm³/mol. The Morgan fingerprint density at radius 2 is 2.25 bits per heavy atom. The molecule has 0 spiro atoms. The van der Waals surface area contributed by atoms with Crippen LogP contribution in [0, 0.1) is 0 Å². The van der Waals surface area contributed by atoms with Crippen LogP contribution in [0.2, 0.25) is 0 Å². The molecule has 0 aromatic carbocycles. The Kier molecular flexibility index (Phi) is 3.36. The normalized spacial score (nSPS) is 10.9. The molecule has 0 amide bonds. The first-order chi connectivity index (χ1) is 7.83. The maximum absolute atomic E-state index is 8.74. The highest BCUT2D eigenvalue weighted by Gasteiger charge is 2.05. The van der Waals surface area contributed by atoms with Gasteiger partial charge in [-0.25, -0.2) is 4.98 Å². The molecule has 0 bridgehead atoms. The second-order valence-corrected chi connectivity index (χ2v) is 3.46. The first kappa shape index (κ1) is 10.9. The Bertz CT molecular complexity index is 467. The molecular formula is C11H15N3O2. The van der Waals surface area contributed by atoms with Gasteiger partial charge in [0.05, 0.1) is 12.1 Å². The van der Waals surface area contributed by atoms with Gasteiger partial charge >= 0.3 is 0 Å². The van der Waals surface area contributed by atoms with E-state index in [1.54, 1.807) is 0 Å². The summed E-state index contributed by atoms with van der Waals surface area (Å²) in [6, 6.07) is 3.72. The van der Waals surface area contributed by atoms with Crippen LogP contribution in [0.3, 0.4) is 0 Å². The van der Waals surface area contributed by atoms with Gasteiger partial charge in [-0.3, -0.25) is 0 Å². The molecule has 2 rings (SSSR count). The minimum atomic E-state index is 0.175. The lowest BCUT2D eigenvalue weighted by atomic mass is 10.3. The number of pyridine rings is 1. The zero-order chi connectivity index (χ0) is 11.4. The standard InChI is InChI=1S/C11H15N3O2/c1-2-16-10-6-5-8-11(14-10)13-9(12-8)4-3-7-15/h5-6,15H,2-4,7H2,1H3,(H,12,13,14). The molecule has 5 heteroatoms. The second kappa shape index (κ2) is 4.94. The van der Waals surface area contributed by atoms with Crippen LogP contribution in [-0.4, -0.2) is 33.3 Å². The highest BCUT2D eigenvalue weighted by Crippen LogP contribution is 2.15. The van der Waals surface area contributed by atoms with Crippen LogP contribution in [-0.2, 0) is 6.42 Å². The average molecular weight is 221 g/mol. The molecule has 0 unspecified atom stereocenters. The van der Waals surface area contributed by atoms with E-state index in [9.17, 15) is 0 Å². The van der Waals surface area contributed by atoms with E-state index in [-0.39, 0.29) is 6.61 Å². The number of aliphatic hydroxyl groups is 1. The first-order valence-electron chi connectivity index (χ1n) is 5.42. The summed E-state index contributed by atoms with van der Waals surface area (Å²) in [5, 5.41) is 8.74. The molecule has 2 N–H and O–H groups in total. The number of aromatic amines is 1. The molecule has 0 saturated heterocycles. The number of H-pyrrole nitrogens is 1. The van der Waals surface area contributed by atoms with Crippen molar-refractivity contribution in [2.45, 2.75) is 19.8 Å². The van der Waals surface area contributed by atoms with Crippen LogP contribution >= 0.6 is 0 Å². The lowest BCUT2D eigenvalue weighted by molar-refractivity contribution is 0.287. The minimum absolute atomic E-state index is 0.175. The predicted octanol–water partition coefficient (Wildman–Crippen LogP) is 1.28. The van der Waals surface area contributed by atoms with E-state index in [0.717, 1.165) is 17.8 Å². The maximum Gasteiger partial charge on any atom is 0.215 e. The largest absolute Gasteiger partial charge is 0.478 e. The first-order valence-corrected chi connectivity index (χ1v) is 5.42. The summed E-state index contributed by atoms with van der Waals surface area (Å²) in [6.07, 6.45) is 1.44. The van der Waals surface area contributed by atoms with E-state index in [4.69, 9.17) is 9.84 Å². The number of aryl methyl sites for hydroxylation is 1. The zero-order valence-electron chi connectivity index (χ0n) is 9.23. The molecule has 0 aliphatic carbocycles. The Morgan fingerprint density at radius 3 is 3.00 bits per heavy atom. The van der Waals surface area contributed by atoms with Gasteiger partial charge in [-0.15, -0.1) is 0 Å². The molecule has 0 fully saturated rings. The molecule has 0 atom stereocenters. The summed E-state index contributed by atoms with van der Waals surface area (Å²) >= 11 is 0. The van der Waals surface area contributed by atoms with Crippen molar-refractivity contribution in [3.05, 3.63) is 18.0 Å². The Morgan fingerprint density at radius 1 is 1.38 bits per heavy atom. The van der Waals surface area contributed by atoms with Gasteiger partial charge in [0.2, 0.25) is 5.88 Å². The van der Waals surface area contributed by atoms with Crippen molar-refractivity contribution < 1.29 is 9.84 Å². The Hall–Kier alpha value is -1.62. The third kappa shape index (κ3) is 2.30. The SMILES string of the molecule is CCOc1ccc2[nH]c(CCCO)nc2n1. The van der Waals surface area contributed by atoms with Gasteiger partial charge < -0.3 is 14.8 Å². The van der Waals surface area contributed by atoms with E-state index >= 15 is 0 Å². The van der Waals surface area contributed by atoms with Crippen LogP contribution in [0.15, 0.2) is 12.1 Å². The quantitative estimate of drug-likeness (QED) is 0.797. The molecule has 5 nitrogen and oxygen atoms in total. The summed E-state index contributed by atoms with van der Waals surface area (Å²) in [7, 11) is 0. The van der Waals surface area contributed by atoms with E-state index in [0.29, 0.717) is 24.6 Å². The summed E-state index contributed by atoms with van der Waals surface area (Å²) in [4.78, 5) is 11.8. The fourth-order valence-electron chi connectivity index (χ4n) is 1.52. The fourth-order valence-corrected chi connectivity index (χ4v) is 1.52. The lowest BCUT2D eigenvalue weighted by Gasteiger charge is -1.99. The van der Waals surface area contributed by atoms with Gasteiger partial charge in [-0.2, -0.15) is 4.98 Å². The van der Waals surface area contributed by atoms with Crippen molar-refractivity contribution in [1.82, 2.24) is 15.0 Å². The van der Waals surface area contributed by atoms with Crippen molar-refractivity contribution in [3.63, 3.8) is 0 Å². The van der Waals surface area contributed by atoms with Crippen molar-refractivity contribution in [3.8, 4) is 5.88 Å². The number of ether oxygens (including phenoxy) is 1. The van der Waals surface area contributed by atoms with Crippen molar-refractivity contribution in [2.75, 3.05) is 13.2 Å². The number of hydrogen-bond donors (Lipinski definition) is 2. The van der Waals surface area contributed by atoms with Crippen molar-refractivity contribution >= 4 is 11.2 Å². The number of aliphatic hydroxyl groups excluding tert-OH is 1. The zero-order valence-corrected chi connectivity index (χ0v) is 9.23. The number of rotatable bonds is 5. The molecule has 16 heavy (non-hydrogen) atoms. The van der Waals surface area contributed by atoms with Crippen LogP contribution < -0.4 is 4.74 Å². The van der Waals surface area contributed by atoms with E-state index in [1.807, 2.05) is 19.1 Å². The van der Waals surface area contributed by atoms with Gasteiger partial charge in [0.25, 0.3) is 0 Å². The second-order valence-electron chi connectivity index (χ2n) is 3.46. The number of hydrogen-bond acceptors (Lipinski definition) is 4. The van der Waals surface area contributed by atoms with Crippen LogP contribution in [0.1, 0.15) is 19.2 Å². The molecular weight excluding hydrogens is 206 g/mol. The Labute approximate surface area is 93.5 Å². The minimum Gasteiger partial charge on any atom is -0.478 e. The molecule has 0 aliphatic heterocycles. The monoisotopic (exact) mass is 221 g/mol. The van der Waals surface area contributed by atoms with Crippen molar-refractivity contribution in [1.29, 1.82) is 0 Å². The highest BCUT2D eigenvalue weighted by atomic mass is 16.5. The molecule has 2 heterocycles. The molecule has 2 aromatic heterocycles. The van der Waals surface area contributed by atoms with Gasteiger partial charge in [0.15, 0.2) is 5.65 Å². The lowest BCUT2D eigenvalue weighted by Crippen LogP contribution is -1.93. The van der Waals surface area contributed by atoms with Gasteiger partial charge in [-0.1, -0.05) is 0 Å². The Balaban J connectivity index is 2.23. The summed E-state index contributed by atoms with van der Waals surface area (Å²) in [5.41, 5.74) is 1.57. The van der Waals surface area contributed by atoms with E-state index < -0.39 is 0 Å². The van der Waals surface area contributed by atoms with Crippen LogP contribution in [0.25, 0.3) is 11.2 Å². The summed E-state index contributed by atoms with van der Waals surface area (Å²) < 4.78 is 5.30. The topological polar surface area (TPSA) is 71.0 Å². The number of fused-ring (bicyclic) bond motifs is 1. The fraction of sp³-hybridized carbons (Fsp3) is 0.455. The molecule has 86 valence electrons. The van der Waals surface area contributed by atoms with E-state index in [1.165, 1.54) is 0 Å². The molecule has 0 aliphatic rings. The van der Waals surface area contributed by atoms with E-state index in [2.05, 4.69) is 15.0 Å². The maximum atomic E-state index is 8.74. The number of imidazole rings is 1. The smallest absolute Gasteiger partial charge is 0.215 e. The summed E-state index contributed by atoms with van der Waals surface area (Å²) in [5.74, 6) is 1.44. The van der Waals surface area contributed by atoms with Gasteiger partial charge in [0, 0.05) is 19.1 Å². The molecule has 0 saturated carbocycles. The van der Waals surface area contributed by atoms with Crippen LogP contribution in [0.4, 0.5) is 0 Å².